The Morgan fingerprint density at radius 1 is 0.966 bits per heavy atom. The van der Waals surface area contributed by atoms with Crippen molar-refractivity contribution in [1.82, 2.24) is 9.29 Å². The van der Waals surface area contributed by atoms with E-state index < -0.39 is 10.0 Å². The first-order valence-electron chi connectivity index (χ1n) is 10.4. The van der Waals surface area contributed by atoms with Gasteiger partial charge in [0.05, 0.1) is 10.9 Å². The first-order chi connectivity index (χ1) is 13.7. The molecule has 0 spiro atoms. The van der Waals surface area contributed by atoms with Crippen molar-refractivity contribution in [1.29, 1.82) is 0 Å². The zero-order valence-corrected chi connectivity index (χ0v) is 19.0. The summed E-state index contributed by atoms with van der Waals surface area (Å²) >= 11 is 0. The van der Waals surface area contributed by atoms with Gasteiger partial charge in [-0.2, -0.15) is 4.31 Å². The molecule has 5 heteroatoms. The number of nitrogens with one attached hydrogen (secondary N) is 1. The lowest BCUT2D eigenvalue weighted by atomic mass is 9.95. The first-order valence-corrected chi connectivity index (χ1v) is 11.8. The molecule has 2 heterocycles. The van der Waals surface area contributed by atoms with Gasteiger partial charge in [0.1, 0.15) is 0 Å². The fourth-order valence-electron chi connectivity index (χ4n) is 4.96. The number of nitrogens with zero attached hydrogens (tertiary/aromatic N) is 1. The van der Waals surface area contributed by atoms with E-state index in [0.717, 1.165) is 46.3 Å². The van der Waals surface area contributed by atoms with Crippen LogP contribution in [0.5, 0.6) is 0 Å². The average Bonchev–Trinajstić information content (AvgIpc) is 3.08. The molecule has 154 valence electrons. The second-order valence-corrected chi connectivity index (χ2v) is 10.1. The van der Waals surface area contributed by atoms with Gasteiger partial charge in [-0.3, -0.25) is 0 Å². The Morgan fingerprint density at radius 3 is 2.17 bits per heavy atom. The minimum absolute atomic E-state index is 0.170. The second-order valence-electron chi connectivity index (χ2n) is 8.31. The largest absolute Gasteiger partial charge is 0.357 e. The molecule has 4 nitrogen and oxygen atoms in total. The monoisotopic (exact) mass is 410 g/mol. The van der Waals surface area contributed by atoms with Crippen molar-refractivity contribution in [3.05, 3.63) is 63.3 Å². The number of aromatic nitrogens is 1. The molecule has 0 bridgehead atoms. The topological polar surface area (TPSA) is 53.2 Å². The van der Waals surface area contributed by atoms with Gasteiger partial charge in [-0.05, 0) is 86.9 Å². The molecule has 29 heavy (non-hydrogen) atoms. The summed E-state index contributed by atoms with van der Waals surface area (Å²) in [6.45, 7) is 12.6. The lowest BCUT2D eigenvalue weighted by molar-refractivity contribution is 0.296. The standard InChI is InChI=1S/C24H30N2O2S/c1-7-22-23-20(19-10-8-9-11-21(19)25-23)12-13-26(22)29(27,28)24-17(5)15(3)14(2)16(4)18(24)6/h8-11,22,25H,7,12-13H2,1-6H3. The molecule has 0 amide bonds. The van der Waals surface area contributed by atoms with Crippen LogP contribution in [0, 0.1) is 34.6 Å². The molecule has 0 saturated carbocycles. The van der Waals surface area contributed by atoms with Crippen molar-refractivity contribution in [2.45, 2.75) is 65.3 Å². The predicted molar refractivity (Wildman–Crippen MR) is 119 cm³/mol. The zero-order valence-electron chi connectivity index (χ0n) is 18.2. The van der Waals surface area contributed by atoms with E-state index in [1.54, 1.807) is 4.31 Å². The lowest BCUT2D eigenvalue weighted by Gasteiger charge is -2.35. The Bertz CT molecular complexity index is 1190. The molecule has 0 radical (unpaired) electrons. The van der Waals surface area contributed by atoms with Crippen LogP contribution < -0.4 is 0 Å². The highest BCUT2D eigenvalue weighted by molar-refractivity contribution is 7.89. The van der Waals surface area contributed by atoms with Crippen molar-refractivity contribution in [2.75, 3.05) is 6.54 Å². The number of sulfonamides is 1. The lowest BCUT2D eigenvalue weighted by Crippen LogP contribution is -2.40. The van der Waals surface area contributed by atoms with Crippen LogP contribution in [0.15, 0.2) is 29.2 Å². The molecule has 0 aliphatic carbocycles. The third kappa shape index (κ3) is 2.86. The van der Waals surface area contributed by atoms with Crippen LogP contribution in [0.1, 0.15) is 58.5 Å². The number of para-hydroxylation sites is 1. The van der Waals surface area contributed by atoms with Gasteiger partial charge in [0.25, 0.3) is 0 Å². The number of rotatable bonds is 3. The number of benzene rings is 2. The molecule has 4 rings (SSSR count). The third-order valence-electron chi connectivity index (χ3n) is 6.99. The van der Waals surface area contributed by atoms with Crippen molar-refractivity contribution in [2.24, 2.45) is 0 Å². The third-order valence-corrected chi connectivity index (χ3v) is 9.18. The van der Waals surface area contributed by atoms with Gasteiger partial charge < -0.3 is 4.98 Å². The van der Waals surface area contributed by atoms with Gasteiger partial charge >= 0.3 is 0 Å². The SMILES string of the molecule is CCC1c2[nH]c3ccccc3c2CCN1S(=O)(=O)c1c(C)c(C)c(C)c(C)c1C. The van der Waals surface area contributed by atoms with Crippen LogP contribution in [0.3, 0.4) is 0 Å². The molecule has 1 aliphatic rings. The maximum atomic E-state index is 14.0. The Hall–Kier alpha value is -2.11. The van der Waals surface area contributed by atoms with Crippen LogP contribution >= 0.6 is 0 Å². The minimum atomic E-state index is -3.61. The zero-order chi connectivity index (χ0) is 21.1. The fourth-order valence-corrected chi connectivity index (χ4v) is 7.20. The molecule has 3 aromatic rings. The van der Waals surface area contributed by atoms with E-state index in [-0.39, 0.29) is 6.04 Å². The van der Waals surface area contributed by atoms with Crippen LogP contribution in [0.2, 0.25) is 0 Å². The smallest absolute Gasteiger partial charge is 0.244 e. The number of fused-ring (bicyclic) bond motifs is 3. The van der Waals surface area contributed by atoms with Gasteiger partial charge in [-0.1, -0.05) is 25.1 Å². The summed E-state index contributed by atoms with van der Waals surface area (Å²) in [4.78, 5) is 4.02. The summed E-state index contributed by atoms with van der Waals surface area (Å²) in [5, 5.41) is 1.22. The van der Waals surface area contributed by atoms with Gasteiger partial charge in [0.2, 0.25) is 10.0 Å². The van der Waals surface area contributed by atoms with Gasteiger partial charge in [-0.25, -0.2) is 8.42 Å². The second kappa shape index (κ2) is 6.99. The van der Waals surface area contributed by atoms with E-state index in [1.807, 2.05) is 39.8 Å². The number of H-pyrrole nitrogens is 1. The molecule has 1 aromatic heterocycles. The van der Waals surface area contributed by atoms with E-state index in [2.05, 4.69) is 31.0 Å². The Kier molecular flexibility index (Phi) is 4.87. The van der Waals surface area contributed by atoms with Crippen molar-refractivity contribution < 1.29 is 8.42 Å². The van der Waals surface area contributed by atoms with E-state index in [1.165, 1.54) is 16.5 Å². The molecule has 1 N–H and O–H groups in total. The van der Waals surface area contributed by atoms with E-state index in [4.69, 9.17) is 0 Å². The maximum Gasteiger partial charge on any atom is 0.244 e. The molecular weight excluding hydrogens is 380 g/mol. The summed E-state index contributed by atoms with van der Waals surface area (Å²) in [5.41, 5.74) is 8.49. The van der Waals surface area contributed by atoms with Crippen molar-refractivity contribution >= 4 is 20.9 Å². The number of hydrogen-bond donors (Lipinski definition) is 1. The molecular formula is C24H30N2O2S. The van der Waals surface area contributed by atoms with Crippen LogP contribution in [-0.4, -0.2) is 24.3 Å². The summed E-state index contributed by atoms with van der Waals surface area (Å²) in [6.07, 6.45) is 1.47. The first kappa shape index (κ1) is 20.2. The minimum Gasteiger partial charge on any atom is -0.357 e. The summed E-state index contributed by atoms with van der Waals surface area (Å²) in [6, 6.07) is 8.09. The highest BCUT2D eigenvalue weighted by Gasteiger charge is 2.39. The normalized spacial score (nSPS) is 17.7. The molecule has 2 aromatic carbocycles. The van der Waals surface area contributed by atoms with Gasteiger partial charge in [0, 0.05) is 23.1 Å². The van der Waals surface area contributed by atoms with E-state index in [9.17, 15) is 8.42 Å². The summed E-state index contributed by atoms with van der Waals surface area (Å²) in [5.74, 6) is 0. The Balaban J connectivity index is 1.89. The highest BCUT2D eigenvalue weighted by Crippen LogP contribution is 2.41. The quantitative estimate of drug-likeness (QED) is 0.628. The Morgan fingerprint density at radius 2 is 1.55 bits per heavy atom. The summed E-state index contributed by atoms with van der Waals surface area (Å²) < 4.78 is 29.6. The van der Waals surface area contributed by atoms with Crippen LogP contribution in [-0.2, 0) is 16.4 Å². The Labute approximate surface area is 174 Å². The molecule has 0 fully saturated rings. The average molecular weight is 411 g/mol. The summed E-state index contributed by atoms with van der Waals surface area (Å²) in [7, 11) is -3.61. The van der Waals surface area contributed by atoms with E-state index >= 15 is 0 Å². The number of hydrogen-bond acceptors (Lipinski definition) is 2. The fraction of sp³-hybridized carbons (Fsp3) is 0.417. The van der Waals surface area contributed by atoms with Gasteiger partial charge in [-0.15, -0.1) is 0 Å². The van der Waals surface area contributed by atoms with Gasteiger partial charge in [0.15, 0.2) is 0 Å². The van der Waals surface area contributed by atoms with Crippen molar-refractivity contribution in [3.63, 3.8) is 0 Å². The predicted octanol–water partition coefficient (Wildman–Crippen LogP) is 5.41. The van der Waals surface area contributed by atoms with Crippen LogP contribution in [0.25, 0.3) is 10.9 Å². The van der Waals surface area contributed by atoms with Crippen LogP contribution in [0.4, 0.5) is 0 Å². The molecule has 1 aliphatic heterocycles. The highest BCUT2D eigenvalue weighted by atomic mass is 32.2. The van der Waals surface area contributed by atoms with E-state index in [0.29, 0.717) is 11.4 Å². The molecule has 1 atom stereocenters. The van der Waals surface area contributed by atoms with Crippen molar-refractivity contribution in [3.8, 4) is 0 Å². The number of aromatic amines is 1. The molecule has 0 saturated heterocycles. The maximum absolute atomic E-state index is 14.0. The molecule has 1 unspecified atom stereocenters.